The lowest BCUT2D eigenvalue weighted by Crippen LogP contribution is -2.00. The van der Waals surface area contributed by atoms with Crippen molar-refractivity contribution in [3.05, 3.63) is 35.4 Å². The van der Waals surface area contributed by atoms with Crippen LogP contribution in [0.5, 0.6) is 0 Å². The highest BCUT2D eigenvalue weighted by Gasteiger charge is 2.37. The first-order chi connectivity index (χ1) is 7.20. The zero-order valence-corrected chi connectivity index (χ0v) is 9.86. The van der Waals surface area contributed by atoms with Crippen LogP contribution in [0.4, 0.5) is 0 Å². The van der Waals surface area contributed by atoms with E-state index in [2.05, 4.69) is 45.0 Å². The van der Waals surface area contributed by atoms with Gasteiger partial charge in [0.2, 0.25) is 0 Å². The molecule has 0 bridgehead atoms. The normalized spacial score (nSPS) is 26.3. The first kappa shape index (κ1) is 10.7. The van der Waals surface area contributed by atoms with Gasteiger partial charge in [-0.2, -0.15) is 0 Å². The van der Waals surface area contributed by atoms with E-state index in [9.17, 15) is 0 Å². The summed E-state index contributed by atoms with van der Waals surface area (Å²) in [5.41, 5.74) is 2.77. The van der Waals surface area contributed by atoms with Crippen LogP contribution in [0.25, 0.3) is 0 Å². The molecule has 1 saturated heterocycles. The molecule has 0 amide bonds. The summed E-state index contributed by atoms with van der Waals surface area (Å²) < 4.78 is 5.58. The molecular formula is C14H20O. The second-order valence-corrected chi connectivity index (χ2v) is 4.67. The number of benzene rings is 1. The summed E-state index contributed by atoms with van der Waals surface area (Å²) in [7, 11) is 0. The molecule has 1 fully saturated rings. The monoisotopic (exact) mass is 204 g/mol. The van der Waals surface area contributed by atoms with Gasteiger partial charge < -0.3 is 4.74 Å². The summed E-state index contributed by atoms with van der Waals surface area (Å²) in [6.45, 7) is 6.62. The van der Waals surface area contributed by atoms with Crippen molar-refractivity contribution in [2.75, 3.05) is 0 Å². The fourth-order valence-corrected chi connectivity index (χ4v) is 2.13. The van der Waals surface area contributed by atoms with Crippen LogP contribution in [-0.4, -0.2) is 12.2 Å². The molecule has 1 heteroatoms. The minimum Gasteiger partial charge on any atom is -0.370 e. The number of aryl methyl sites for hydroxylation is 1. The van der Waals surface area contributed by atoms with Crippen molar-refractivity contribution in [2.24, 2.45) is 0 Å². The Hall–Kier alpha value is -0.820. The molecule has 0 aromatic heterocycles. The van der Waals surface area contributed by atoms with Gasteiger partial charge in [-0.1, -0.05) is 43.7 Å². The Balaban J connectivity index is 1.91. The molecule has 0 spiro atoms. The highest BCUT2D eigenvalue weighted by molar-refractivity contribution is 5.24. The van der Waals surface area contributed by atoms with Gasteiger partial charge in [0.25, 0.3) is 0 Å². The number of hydrogen-bond acceptors (Lipinski definition) is 1. The minimum absolute atomic E-state index is 0.520. The maximum absolute atomic E-state index is 5.58. The van der Waals surface area contributed by atoms with Gasteiger partial charge in [-0.25, -0.2) is 0 Å². The molecule has 3 atom stereocenters. The van der Waals surface area contributed by atoms with Gasteiger partial charge in [0.1, 0.15) is 0 Å². The molecule has 1 aromatic rings. The summed E-state index contributed by atoms with van der Waals surface area (Å²) in [5.74, 6) is 0.618. The highest BCUT2D eigenvalue weighted by atomic mass is 16.6. The molecule has 82 valence electrons. The van der Waals surface area contributed by atoms with Gasteiger partial charge in [-0.15, -0.1) is 0 Å². The molecule has 0 N–H and O–H groups in total. The minimum atomic E-state index is 0.520. The molecule has 1 heterocycles. The SMILES string of the molecule is CCC1OC1CC(C)c1ccc(C)cc1. The van der Waals surface area contributed by atoms with E-state index < -0.39 is 0 Å². The third-order valence-electron chi connectivity index (χ3n) is 3.32. The summed E-state index contributed by atoms with van der Waals surface area (Å²) in [6.07, 6.45) is 3.39. The van der Waals surface area contributed by atoms with Crippen molar-refractivity contribution in [2.45, 2.75) is 51.7 Å². The van der Waals surface area contributed by atoms with E-state index in [1.54, 1.807) is 0 Å². The van der Waals surface area contributed by atoms with Crippen LogP contribution in [0, 0.1) is 6.92 Å². The highest BCUT2D eigenvalue weighted by Crippen LogP contribution is 2.34. The van der Waals surface area contributed by atoms with Crippen LogP contribution in [0.2, 0.25) is 0 Å². The Morgan fingerprint density at radius 2 is 1.87 bits per heavy atom. The Labute approximate surface area is 92.5 Å². The lowest BCUT2D eigenvalue weighted by molar-refractivity contribution is 0.353. The van der Waals surface area contributed by atoms with Gasteiger partial charge in [-0.3, -0.25) is 0 Å². The van der Waals surface area contributed by atoms with Crippen molar-refractivity contribution < 1.29 is 4.74 Å². The van der Waals surface area contributed by atoms with Crippen LogP contribution in [-0.2, 0) is 4.74 Å². The average Bonchev–Trinajstić information content (AvgIpc) is 2.97. The molecule has 1 aromatic carbocycles. The number of ether oxygens (including phenoxy) is 1. The van der Waals surface area contributed by atoms with E-state index in [0.717, 1.165) is 6.42 Å². The fraction of sp³-hybridized carbons (Fsp3) is 0.571. The zero-order valence-electron chi connectivity index (χ0n) is 9.86. The van der Waals surface area contributed by atoms with Crippen molar-refractivity contribution in [1.29, 1.82) is 0 Å². The number of rotatable bonds is 4. The summed E-state index contributed by atoms with van der Waals surface area (Å²) in [5, 5.41) is 0. The fourth-order valence-electron chi connectivity index (χ4n) is 2.13. The largest absolute Gasteiger partial charge is 0.370 e. The quantitative estimate of drug-likeness (QED) is 0.682. The Morgan fingerprint density at radius 1 is 1.20 bits per heavy atom. The average molecular weight is 204 g/mol. The molecule has 1 aliphatic heterocycles. The maximum Gasteiger partial charge on any atom is 0.0847 e. The molecule has 2 rings (SSSR count). The Kier molecular flexibility index (Phi) is 3.11. The van der Waals surface area contributed by atoms with Crippen LogP contribution in [0.1, 0.15) is 43.7 Å². The van der Waals surface area contributed by atoms with Crippen LogP contribution >= 0.6 is 0 Å². The molecule has 0 aliphatic carbocycles. The first-order valence-electron chi connectivity index (χ1n) is 5.92. The molecular weight excluding hydrogens is 184 g/mol. The van der Waals surface area contributed by atoms with E-state index in [1.807, 2.05) is 0 Å². The summed E-state index contributed by atoms with van der Waals surface area (Å²) in [6, 6.07) is 8.86. The second-order valence-electron chi connectivity index (χ2n) is 4.67. The summed E-state index contributed by atoms with van der Waals surface area (Å²) in [4.78, 5) is 0. The number of epoxide rings is 1. The van der Waals surface area contributed by atoms with Crippen LogP contribution in [0.3, 0.4) is 0 Å². The van der Waals surface area contributed by atoms with E-state index in [1.165, 1.54) is 17.5 Å². The molecule has 0 saturated carbocycles. The standard InChI is InChI=1S/C14H20O/c1-4-13-14(15-13)9-11(3)12-7-5-10(2)6-8-12/h5-8,11,13-14H,4,9H2,1-3H3. The van der Waals surface area contributed by atoms with Crippen LogP contribution in [0.15, 0.2) is 24.3 Å². The van der Waals surface area contributed by atoms with Gasteiger partial charge >= 0.3 is 0 Å². The lowest BCUT2D eigenvalue weighted by Gasteiger charge is -2.10. The molecule has 15 heavy (non-hydrogen) atoms. The molecule has 0 radical (unpaired) electrons. The van der Waals surface area contributed by atoms with E-state index in [0.29, 0.717) is 18.1 Å². The third-order valence-corrected chi connectivity index (χ3v) is 3.32. The number of hydrogen-bond donors (Lipinski definition) is 0. The van der Waals surface area contributed by atoms with Crippen molar-refractivity contribution in [3.8, 4) is 0 Å². The molecule has 3 unspecified atom stereocenters. The van der Waals surface area contributed by atoms with Crippen LogP contribution < -0.4 is 0 Å². The Morgan fingerprint density at radius 3 is 2.40 bits per heavy atom. The van der Waals surface area contributed by atoms with E-state index in [-0.39, 0.29) is 0 Å². The van der Waals surface area contributed by atoms with E-state index in [4.69, 9.17) is 4.74 Å². The topological polar surface area (TPSA) is 12.5 Å². The van der Waals surface area contributed by atoms with E-state index >= 15 is 0 Å². The summed E-state index contributed by atoms with van der Waals surface area (Å²) >= 11 is 0. The van der Waals surface area contributed by atoms with Gasteiger partial charge in [0.15, 0.2) is 0 Å². The maximum atomic E-state index is 5.58. The zero-order chi connectivity index (χ0) is 10.8. The van der Waals surface area contributed by atoms with Crippen molar-refractivity contribution in [1.82, 2.24) is 0 Å². The first-order valence-corrected chi connectivity index (χ1v) is 5.92. The third kappa shape index (κ3) is 2.60. The molecule has 1 aliphatic rings. The molecule has 1 nitrogen and oxygen atoms in total. The lowest BCUT2D eigenvalue weighted by atomic mass is 9.94. The van der Waals surface area contributed by atoms with Gasteiger partial charge in [0.05, 0.1) is 12.2 Å². The van der Waals surface area contributed by atoms with Crippen molar-refractivity contribution >= 4 is 0 Å². The second kappa shape index (κ2) is 4.36. The predicted molar refractivity (Wildman–Crippen MR) is 63.2 cm³/mol. The van der Waals surface area contributed by atoms with Gasteiger partial charge in [0, 0.05) is 0 Å². The predicted octanol–water partition coefficient (Wildman–Crippen LogP) is 3.67. The smallest absolute Gasteiger partial charge is 0.0847 e. The Bertz CT molecular complexity index is 315. The van der Waals surface area contributed by atoms with Gasteiger partial charge in [-0.05, 0) is 31.2 Å². The van der Waals surface area contributed by atoms with Crippen molar-refractivity contribution in [3.63, 3.8) is 0 Å².